The number of nitrogens with two attached hydrogens (primary N) is 1. The molecule has 0 aromatic heterocycles. The molecule has 0 heterocycles. The van der Waals surface area contributed by atoms with Gasteiger partial charge in [-0.1, -0.05) is 0 Å². The van der Waals surface area contributed by atoms with Gasteiger partial charge < -0.3 is 16.2 Å². The molecule has 0 aliphatic carbocycles. The molecule has 0 radical (unpaired) electrons. The van der Waals surface area contributed by atoms with Crippen molar-refractivity contribution in [2.75, 3.05) is 13.2 Å². The van der Waals surface area contributed by atoms with Gasteiger partial charge in [-0.05, 0) is 6.92 Å². The summed E-state index contributed by atoms with van der Waals surface area (Å²) in [5, 5.41) is 10.7. The van der Waals surface area contributed by atoms with E-state index >= 15 is 0 Å². The van der Waals surface area contributed by atoms with E-state index in [4.69, 9.17) is 10.8 Å². The van der Waals surface area contributed by atoms with Gasteiger partial charge in [0.25, 0.3) is 0 Å². The van der Waals surface area contributed by atoms with Crippen LogP contribution < -0.4 is 11.1 Å². The standard InChI is InChI=1S/C5H12N2O2.ClH/c1-4(6)5(9)7-2-3-8;/h4,8H,2-3,6H2,1H3,(H,7,9);1H/t4-;/m1./s1. The lowest BCUT2D eigenvalue weighted by Gasteiger charge is -2.04. The fourth-order valence-electron chi connectivity index (χ4n) is 0.340. The van der Waals surface area contributed by atoms with Gasteiger partial charge in [0.05, 0.1) is 12.6 Å². The van der Waals surface area contributed by atoms with Crippen LogP contribution in [0.4, 0.5) is 0 Å². The molecule has 0 aliphatic heterocycles. The third-order valence-electron chi connectivity index (χ3n) is 0.825. The maximum absolute atomic E-state index is 10.6. The van der Waals surface area contributed by atoms with Crippen molar-refractivity contribution in [3.63, 3.8) is 0 Å². The molecule has 0 saturated carbocycles. The Labute approximate surface area is 66.2 Å². The first-order valence-electron chi connectivity index (χ1n) is 2.82. The molecule has 1 amide bonds. The molecule has 4 N–H and O–H groups in total. The van der Waals surface area contributed by atoms with Gasteiger partial charge >= 0.3 is 0 Å². The van der Waals surface area contributed by atoms with Crippen LogP contribution in [-0.4, -0.2) is 30.2 Å². The second kappa shape index (κ2) is 6.80. The number of carbonyl (C=O) groups is 1. The molecule has 0 fully saturated rings. The molecule has 0 bridgehead atoms. The predicted octanol–water partition coefficient (Wildman–Crippen LogP) is -1.14. The van der Waals surface area contributed by atoms with Crippen LogP contribution in [0, 0.1) is 0 Å². The summed E-state index contributed by atoms with van der Waals surface area (Å²) in [5.41, 5.74) is 5.18. The molecule has 1 atom stereocenters. The Morgan fingerprint density at radius 2 is 2.30 bits per heavy atom. The van der Waals surface area contributed by atoms with E-state index in [9.17, 15) is 4.79 Å². The van der Waals surface area contributed by atoms with Gasteiger partial charge in [0.15, 0.2) is 0 Å². The first-order chi connectivity index (χ1) is 4.18. The highest BCUT2D eigenvalue weighted by atomic mass is 35.5. The van der Waals surface area contributed by atoms with E-state index in [0.717, 1.165) is 0 Å². The topological polar surface area (TPSA) is 75.4 Å². The Morgan fingerprint density at radius 1 is 1.80 bits per heavy atom. The summed E-state index contributed by atoms with van der Waals surface area (Å²) in [7, 11) is 0. The smallest absolute Gasteiger partial charge is 0.236 e. The summed E-state index contributed by atoms with van der Waals surface area (Å²) in [5.74, 6) is -0.232. The van der Waals surface area contributed by atoms with Crippen LogP contribution in [0.2, 0.25) is 0 Å². The number of aliphatic hydroxyl groups excluding tert-OH is 1. The highest BCUT2D eigenvalue weighted by Gasteiger charge is 2.03. The Balaban J connectivity index is 0. The largest absolute Gasteiger partial charge is 0.395 e. The van der Waals surface area contributed by atoms with Gasteiger partial charge in [0, 0.05) is 6.54 Å². The number of rotatable bonds is 3. The molecule has 0 spiro atoms. The average molecular weight is 169 g/mol. The molecular weight excluding hydrogens is 156 g/mol. The van der Waals surface area contributed by atoms with Crippen LogP contribution >= 0.6 is 12.4 Å². The predicted molar refractivity (Wildman–Crippen MR) is 41.0 cm³/mol. The SMILES string of the molecule is C[C@@H](N)C(=O)NCCO.Cl. The van der Waals surface area contributed by atoms with Crippen LogP contribution in [-0.2, 0) is 4.79 Å². The lowest BCUT2D eigenvalue weighted by Crippen LogP contribution is -2.39. The summed E-state index contributed by atoms with van der Waals surface area (Å²) in [4.78, 5) is 10.6. The molecule has 0 unspecified atom stereocenters. The first kappa shape index (κ1) is 12.4. The Kier molecular flexibility index (Phi) is 8.40. The van der Waals surface area contributed by atoms with E-state index in [0.29, 0.717) is 0 Å². The third kappa shape index (κ3) is 5.81. The average Bonchev–Trinajstić information content (AvgIpc) is 1.82. The monoisotopic (exact) mass is 168 g/mol. The Hall–Kier alpha value is -0.320. The second-order valence-electron chi connectivity index (χ2n) is 1.80. The maximum atomic E-state index is 10.6. The van der Waals surface area contributed by atoms with Crippen molar-refractivity contribution >= 4 is 18.3 Å². The van der Waals surface area contributed by atoms with E-state index in [1.165, 1.54) is 0 Å². The van der Waals surface area contributed by atoms with Gasteiger partial charge in [-0.25, -0.2) is 0 Å². The van der Waals surface area contributed by atoms with E-state index in [-0.39, 0.29) is 31.5 Å². The summed E-state index contributed by atoms with van der Waals surface area (Å²) in [6.07, 6.45) is 0. The van der Waals surface area contributed by atoms with E-state index < -0.39 is 6.04 Å². The van der Waals surface area contributed by atoms with Crippen LogP contribution in [0.5, 0.6) is 0 Å². The lowest BCUT2D eigenvalue weighted by atomic mass is 10.3. The Bertz CT molecular complexity index is 97.6. The first-order valence-corrected chi connectivity index (χ1v) is 2.82. The van der Waals surface area contributed by atoms with Crippen LogP contribution in [0.1, 0.15) is 6.92 Å². The van der Waals surface area contributed by atoms with Gasteiger partial charge in [-0.15, -0.1) is 12.4 Å². The molecule has 0 aromatic rings. The molecule has 0 saturated heterocycles. The molecule has 0 aliphatic rings. The number of nitrogens with one attached hydrogen (secondary N) is 1. The number of hydrogen-bond donors (Lipinski definition) is 3. The molecule has 5 heteroatoms. The van der Waals surface area contributed by atoms with Crippen LogP contribution in [0.25, 0.3) is 0 Å². The van der Waals surface area contributed by atoms with E-state index in [1.807, 2.05) is 0 Å². The summed E-state index contributed by atoms with van der Waals surface area (Å²) < 4.78 is 0. The van der Waals surface area contributed by atoms with Gasteiger partial charge in [-0.3, -0.25) is 4.79 Å². The minimum Gasteiger partial charge on any atom is -0.395 e. The molecule has 62 valence electrons. The fraction of sp³-hybridized carbons (Fsp3) is 0.800. The zero-order chi connectivity index (χ0) is 7.28. The zero-order valence-electron chi connectivity index (χ0n) is 5.83. The van der Waals surface area contributed by atoms with Crippen molar-refractivity contribution in [1.29, 1.82) is 0 Å². The number of halogens is 1. The highest BCUT2D eigenvalue weighted by Crippen LogP contribution is 1.72. The number of amides is 1. The minimum absolute atomic E-state index is 0. The zero-order valence-corrected chi connectivity index (χ0v) is 6.65. The lowest BCUT2D eigenvalue weighted by molar-refractivity contribution is -0.122. The van der Waals surface area contributed by atoms with Crippen molar-refractivity contribution in [1.82, 2.24) is 5.32 Å². The quantitative estimate of drug-likeness (QED) is 0.499. The Morgan fingerprint density at radius 3 is 2.60 bits per heavy atom. The number of carbonyl (C=O) groups excluding carboxylic acids is 1. The fourth-order valence-corrected chi connectivity index (χ4v) is 0.340. The number of hydrogen-bond acceptors (Lipinski definition) is 3. The van der Waals surface area contributed by atoms with Gasteiger partial charge in [-0.2, -0.15) is 0 Å². The maximum Gasteiger partial charge on any atom is 0.236 e. The van der Waals surface area contributed by atoms with Crippen molar-refractivity contribution in [3.8, 4) is 0 Å². The summed E-state index contributed by atoms with van der Waals surface area (Å²) >= 11 is 0. The molecule has 0 rings (SSSR count). The van der Waals surface area contributed by atoms with Gasteiger partial charge in [0.2, 0.25) is 5.91 Å². The van der Waals surface area contributed by atoms with Crippen molar-refractivity contribution in [2.45, 2.75) is 13.0 Å². The molecule has 0 aromatic carbocycles. The van der Waals surface area contributed by atoms with E-state index in [2.05, 4.69) is 5.32 Å². The molecule has 4 nitrogen and oxygen atoms in total. The van der Waals surface area contributed by atoms with Crippen LogP contribution in [0.15, 0.2) is 0 Å². The van der Waals surface area contributed by atoms with Crippen molar-refractivity contribution in [2.24, 2.45) is 5.73 Å². The van der Waals surface area contributed by atoms with E-state index in [1.54, 1.807) is 6.92 Å². The summed E-state index contributed by atoms with van der Waals surface area (Å²) in [6.45, 7) is 1.82. The number of aliphatic hydroxyl groups is 1. The van der Waals surface area contributed by atoms with Crippen LogP contribution in [0.3, 0.4) is 0 Å². The third-order valence-corrected chi connectivity index (χ3v) is 0.825. The summed E-state index contributed by atoms with van der Waals surface area (Å²) in [6, 6.07) is -0.489. The molecule has 10 heavy (non-hydrogen) atoms. The van der Waals surface area contributed by atoms with Crippen molar-refractivity contribution in [3.05, 3.63) is 0 Å². The highest BCUT2D eigenvalue weighted by molar-refractivity contribution is 5.85. The van der Waals surface area contributed by atoms with Gasteiger partial charge in [0.1, 0.15) is 0 Å². The minimum atomic E-state index is -0.489. The molecular formula is C5H13ClN2O2. The normalized spacial score (nSPS) is 11.5. The second-order valence-corrected chi connectivity index (χ2v) is 1.80. The van der Waals surface area contributed by atoms with Crippen molar-refractivity contribution < 1.29 is 9.90 Å².